The van der Waals surface area contributed by atoms with Gasteiger partial charge < -0.3 is 15.4 Å². The highest BCUT2D eigenvalue weighted by Gasteiger charge is 2.43. The number of nitro groups is 1. The van der Waals surface area contributed by atoms with Crippen LogP contribution in [-0.2, 0) is 4.74 Å². The van der Waals surface area contributed by atoms with Crippen molar-refractivity contribution in [2.45, 2.75) is 58.6 Å². The highest BCUT2D eigenvalue weighted by atomic mass is 19.1. The van der Waals surface area contributed by atoms with Gasteiger partial charge in [0.25, 0.3) is 11.6 Å². The van der Waals surface area contributed by atoms with Crippen molar-refractivity contribution >= 4 is 17.7 Å². The minimum absolute atomic E-state index is 0.120. The molecule has 1 atom stereocenters. The van der Waals surface area contributed by atoms with Crippen molar-refractivity contribution in [3.8, 4) is 0 Å². The minimum atomic E-state index is -0.820. The maximum atomic E-state index is 14.0. The molecule has 0 bridgehead atoms. The van der Waals surface area contributed by atoms with E-state index < -0.39 is 39.6 Å². The van der Waals surface area contributed by atoms with Crippen molar-refractivity contribution < 1.29 is 23.6 Å². The number of halogens is 1. The van der Waals surface area contributed by atoms with Gasteiger partial charge in [0.2, 0.25) is 0 Å². The fourth-order valence-electron chi connectivity index (χ4n) is 2.90. The Morgan fingerprint density at radius 1 is 1.29 bits per heavy atom. The molecule has 2 rings (SSSR count). The van der Waals surface area contributed by atoms with E-state index in [1.165, 1.54) is 6.92 Å². The summed E-state index contributed by atoms with van der Waals surface area (Å²) in [7, 11) is 0. The fourth-order valence-corrected chi connectivity index (χ4v) is 2.90. The van der Waals surface area contributed by atoms with E-state index in [4.69, 9.17) is 4.74 Å². The molecule has 1 unspecified atom stereocenters. The predicted octanol–water partition coefficient (Wildman–Crippen LogP) is 3.47. The molecular formula is C19H26FN3O5. The Hall–Kier alpha value is -2.71. The molecule has 154 valence electrons. The first-order valence-electron chi connectivity index (χ1n) is 9.06. The summed E-state index contributed by atoms with van der Waals surface area (Å²) in [4.78, 5) is 35.0. The molecule has 2 amide bonds. The van der Waals surface area contributed by atoms with Gasteiger partial charge in [0.05, 0.1) is 16.0 Å². The number of nitrogens with zero attached hydrogens (tertiary/aromatic N) is 1. The Kier molecular flexibility index (Phi) is 5.96. The third-order valence-corrected chi connectivity index (χ3v) is 4.65. The summed E-state index contributed by atoms with van der Waals surface area (Å²) in [6, 6.07) is 2.04. The number of ether oxygens (including phenoxy) is 1. The number of amides is 2. The van der Waals surface area contributed by atoms with Crippen LogP contribution in [-0.4, -0.2) is 34.6 Å². The van der Waals surface area contributed by atoms with Crippen LogP contribution in [0, 0.1) is 28.8 Å². The molecule has 1 aromatic rings. The molecule has 0 radical (unpaired) electrons. The number of carbonyl (C=O) groups is 2. The summed E-state index contributed by atoms with van der Waals surface area (Å²) in [6.07, 6.45) is 1.13. The lowest BCUT2D eigenvalue weighted by molar-refractivity contribution is -0.385. The van der Waals surface area contributed by atoms with Crippen LogP contribution >= 0.6 is 0 Å². The second-order valence-electron chi connectivity index (χ2n) is 8.36. The minimum Gasteiger partial charge on any atom is -0.444 e. The number of hydrogen-bond donors (Lipinski definition) is 2. The maximum Gasteiger partial charge on any atom is 0.407 e. The lowest BCUT2D eigenvalue weighted by atomic mass is 9.94. The van der Waals surface area contributed by atoms with Gasteiger partial charge >= 0.3 is 6.09 Å². The van der Waals surface area contributed by atoms with Gasteiger partial charge in [0.15, 0.2) is 0 Å². The van der Waals surface area contributed by atoms with E-state index in [0.717, 1.165) is 25.0 Å². The maximum absolute atomic E-state index is 14.0. The Morgan fingerprint density at radius 2 is 1.89 bits per heavy atom. The van der Waals surface area contributed by atoms with E-state index in [1.807, 2.05) is 0 Å². The van der Waals surface area contributed by atoms with Crippen LogP contribution in [0.15, 0.2) is 12.1 Å². The van der Waals surface area contributed by atoms with Crippen LogP contribution in [0.1, 0.15) is 56.5 Å². The lowest BCUT2D eigenvalue weighted by Gasteiger charge is -2.32. The summed E-state index contributed by atoms with van der Waals surface area (Å²) in [5.41, 5.74) is -2.16. The Balaban J connectivity index is 2.15. The van der Waals surface area contributed by atoms with E-state index in [-0.39, 0.29) is 23.6 Å². The van der Waals surface area contributed by atoms with E-state index in [2.05, 4.69) is 10.6 Å². The van der Waals surface area contributed by atoms with Crippen molar-refractivity contribution in [2.75, 3.05) is 6.54 Å². The number of nitrogens with one attached hydrogen (secondary N) is 2. The smallest absolute Gasteiger partial charge is 0.407 e. The van der Waals surface area contributed by atoms with Gasteiger partial charge in [-0.1, -0.05) is 0 Å². The number of hydrogen-bond acceptors (Lipinski definition) is 5. The van der Waals surface area contributed by atoms with E-state index in [1.54, 1.807) is 27.7 Å². The summed E-state index contributed by atoms with van der Waals surface area (Å²) >= 11 is 0. The Labute approximate surface area is 163 Å². The molecule has 1 aromatic carbocycles. The molecule has 9 heteroatoms. The van der Waals surface area contributed by atoms with Gasteiger partial charge in [-0.05, 0) is 59.4 Å². The highest BCUT2D eigenvalue weighted by molar-refractivity contribution is 5.95. The quantitative estimate of drug-likeness (QED) is 0.566. The average molecular weight is 395 g/mol. The molecule has 1 fully saturated rings. The molecule has 0 heterocycles. The summed E-state index contributed by atoms with van der Waals surface area (Å²) < 4.78 is 19.2. The molecule has 1 saturated carbocycles. The third kappa shape index (κ3) is 5.40. The molecule has 1 aliphatic rings. The van der Waals surface area contributed by atoms with E-state index in [9.17, 15) is 24.1 Å². The van der Waals surface area contributed by atoms with E-state index >= 15 is 0 Å². The van der Waals surface area contributed by atoms with Crippen molar-refractivity contribution in [1.82, 2.24) is 10.6 Å². The van der Waals surface area contributed by atoms with Crippen LogP contribution in [0.4, 0.5) is 14.9 Å². The molecule has 1 aliphatic carbocycles. The normalized spacial score (nSPS) is 16.1. The average Bonchev–Trinajstić information content (AvgIpc) is 3.39. The zero-order valence-corrected chi connectivity index (χ0v) is 16.7. The molecule has 28 heavy (non-hydrogen) atoms. The lowest BCUT2D eigenvalue weighted by Crippen LogP contribution is -2.55. The molecule has 0 aromatic heterocycles. The van der Waals surface area contributed by atoms with Crippen LogP contribution in [0.2, 0.25) is 0 Å². The Bertz CT molecular complexity index is 801. The van der Waals surface area contributed by atoms with Crippen LogP contribution in [0.5, 0.6) is 0 Å². The van der Waals surface area contributed by atoms with Crippen LogP contribution < -0.4 is 10.6 Å². The number of alkyl carbamates (subject to hydrolysis) is 1. The standard InChI is InChI=1S/C19H26FN3O5/c1-11-14(20)8-12(9-15(11)23(26)27)16(24)22-19(5,13-6-7-13)10-21-17(25)28-18(2,3)4/h8-9,13H,6-7,10H2,1-5H3,(H,21,25)(H,22,24). The topological polar surface area (TPSA) is 111 Å². The van der Waals surface area contributed by atoms with Crippen molar-refractivity contribution in [3.63, 3.8) is 0 Å². The summed E-state index contributed by atoms with van der Waals surface area (Å²) in [5, 5.41) is 16.5. The number of rotatable bonds is 6. The van der Waals surface area contributed by atoms with E-state index in [0.29, 0.717) is 0 Å². The van der Waals surface area contributed by atoms with Gasteiger partial charge in [0, 0.05) is 18.2 Å². The van der Waals surface area contributed by atoms with Crippen LogP contribution in [0.3, 0.4) is 0 Å². The van der Waals surface area contributed by atoms with Gasteiger partial charge in [-0.3, -0.25) is 14.9 Å². The molecule has 8 nitrogen and oxygen atoms in total. The number of carbonyl (C=O) groups excluding carboxylic acids is 2. The predicted molar refractivity (Wildman–Crippen MR) is 101 cm³/mol. The largest absolute Gasteiger partial charge is 0.444 e. The van der Waals surface area contributed by atoms with Gasteiger partial charge in [-0.15, -0.1) is 0 Å². The second kappa shape index (κ2) is 7.73. The van der Waals surface area contributed by atoms with Gasteiger partial charge in [0.1, 0.15) is 11.4 Å². The first-order chi connectivity index (χ1) is 12.8. The molecule has 0 spiro atoms. The monoisotopic (exact) mass is 395 g/mol. The first kappa shape index (κ1) is 21.6. The second-order valence-corrected chi connectivity index (χ2v) is 8.36. The third-order valence-electron chi connectivity index (χ3n) is 4.65. The van der Waals surface area contributed by atoms with Gasteiger partial charge in [-0.25, -0.2) is 9.18 Å². The number of nitro benzene ring substituents is 1. The SMILES string of the molecule is Cc1c(F)cc(C(=O)NC(C)(CNC(=O)OC(C)(C)C)C2CC2)cc1[N+](=O)[O-]. The zero-order valence-electron chi connectivity index (χ0n) is 16.7. The molecular weight excluding hydrogens is 369 g/mol. The number of benzene rings is 1. The highest BCUT2D eigenvalue weighted by Crippen LogP contribution is 2.39. The van der Waals surface area contributed by atoms with Crippen molar-refractivity contribution in [3.05, 3.63) is 39.2 Å². The molecule has 0 saturated heterocycles. The zero-order chi connectivity index (χ0) is 21.3. The molecule has 0 aliphatic heterocycles. The van der Waals surface area contributed by atoms with Gasteiger partial charge in [-0.2, -0.15) is 0 Å². The summed E-state index contributed by atoms with van der Waals surface area (Å²) in [5.74, 6) is -1.32. The first-order valence-corrected chi connectivity index (χ1v) is 9.06. The summed E-state index contributed by atoms with van der Waals surface area (Å²) in [6.45, 7) is 8.41. The van der Waals surface area contributed by atoms with Crippen LogP contribution in [0.25, 0.3) is 0 Å². The van der Waals surface area contributed by atoms with Crippen molar-refractivity contribution in [2.24, 2.45) is 5.92 Å². The fraction of sp³-hybridized carbons (Fsp3) is 0.579. The molecule has 2 N–H and O–H groups in total. The Morgan fingerprint density at radius 3 is 2.39 bits per heavy atom. The van der Waals surface area contributed by atoms with Crippen molar-refractivity contribution in [1.29, 1.82) is 0 Å².